The summed E-state index contributed by atoms with van der Waals surface area (Å²) in [6.07, 6.45) is 0. The van der Waals surface area contributed by atoms with Crippen LogP contribution in [0.2, 0.25) is 0 Å². The van der Waals surface area contributed by atoms with Gasteiger partial charge in [0.2, 0.25) is 0 Å². The zero-order chi connectivity index (χ0) is 33.0. The van der Waals surface area contributed by atoms with Gasteiger partial charge in [0.25, 0.3) is 0 Å². The van der Waals surface area contributed by atoms with Gasteiger partial charge in [0.15, 0.2) is 0 Å². The van der Waals surface area contributed by atoms with Crippen molar-refractivity contribution in [3.05, 3.63) is 182 Å². The molecule has 0 atom stereocenters. The van der Waals surface area contributed by atoms with Gasteiger partial charge in [0, 0.05) is 47.8 Å². The van der Waals surface area contributed by atoms with Crippen molar-refractivity contribution in [2.24, 2.45) is 0 Å². The fraction of sp³-hybridized carbons (Fsp3) is 0. The Morgan fingerprint density at radius 2 is 1.00 bits per heavy atom. The molecule has 10 rings (SSSR count). The molecule has 0 amide bonds. The summed E-state index contributed by atoms with van der Waals surface area (Å²) in [5.74, 6) is 0. The molecule has 0 saturated heterocycles. The van der Waals surface area contributed by atoms with Crippen molar-refractivity contribution in [3.63, 3.8) is 0 Å². The first-order valence-corrected chi connectivity index (χ1v) is 17.8. The van der Waals surface area contributed by atoms with Crippen LogP contribution in [-0.4, -0.2) is 9.55 Å². The van der Waals surface area contributed by atoms with E-state index in [9.17, 15) is 0 Å². The lowest BCUT2D eigenvalue weighted by Gasteiger charge is -2.13. The molecular weight excluding hydrogens is 625 g/mol. The van der Waals surface area contributed by atoms with Crippen molar-refractivity contribution >= 4 is 53.3 Å². The van der Waals surface area contributed by atoms with Gasteiger partial charge < -0.3 is 4.57 Å². The Bertz CT molecular complexity index is 2860. The maximum absolute atomic E-state index is 5.42. The van der Waals surface area contributed by atoms with Gasteiger partial charge in [-0.05, 0) is 76.9 Å². The van der Waals surface area contributed by atoms with Gasteiger partial charge in [-0.25, -0.2) is 4.98 Å². The molecule has 3 heteroatoms. The van der Waals surface area contributed by atoms with Gasteiger partial charge in [-0.3, -0.25) is 0 Å². The molecule has 0 radical (unpaired) electrons. The molecule has 0 bridgehead atoms. The predicted molar refractivity (Wildman–Crippen MR) is 213 cm³/mol. The number of thiophene rings is 1. The van der Waals surface area contributed by atoms with Crippen LogP contribution in [0.3, 0.4) is 0 Å². The van der Waals surface area contributed by atoms with Crippen molar-refractivity contribution in [1.29, 1.82) is 0 Å². The van der Waals surface area contributed by atoms with Crippen LogP contribution in [0.25, 0.3) is 92.4 Å². The van der Waals surface area contributed by atoms with Crippen LogP contribution in [0.4, 0.5) is 0 Å². The first kappa shape index (κ1) is 28.7. The largest absolute Gasteiger partial charge is 0.309 e. The van der Waals surface area contributed by atoms with Gasteiger partial charge in [-0.1, -0.05) is 127 Å². The molecule has 234 valence electrons. The average Bonchev–Trinajstić information content (AvgIpc) is 3.74. The highest BCUT2D eigenvalue weighted by molar-refractivity contribution is 7.25. The van der Waals surface area contributed by atoms with Crippen LogP contribution in [0, 0.1) is 0 Å². The van der Waals surface area contributed by atoms with Crippen molar-refractivity contribution in [1.82, 2.24) is 9.55 Å². The molecule has 50 heavy (non-hydrogen) atoms. The van der Waals surface area contributed by atoms with Crippen LogP contribution >= 0.6 is 11.3 Å². The zero-order valence-corrected chi connectivity index (χ0v) is 27.9. The summed E-state index contributed by atoms with van der Waals surface area (Å²) in [5, 5.41) is 5.07. The van der Waals surface area contributed by atoms with Crippen LogP contribution in [0.15, 0.2) is 182 Å². The van der Waals surface area contributed by atoms with Crippen LogP contribution in [-0.2, 0) is 0 Å². The van der Waals surface area contributed by atoms with E-state index in [2.05, 4.69) is 187 Å². The lowest BCUT2D eigenvalue weighted by atomic mass is 9.95. The van der Waals surface area contributed by atoms with Crippen molar-refractivity contribution in [2.75, 3.05) is 0 Å². The number of rotatable bonds is 5. The van der Waals surface area contributed by atoms with E-state index in [1.54, 1.807) is 0 Å². The van der Waals surface area contributed by atoms with E-state index in [-0.39, 0.29) is 0 Å². The first-order chi connectivity index (χ1) is 24.8. The Morgan fingerprint density at radius 1 is 0.380 bits per heavy atom. The van der Waals surface area contributed by atoms with E-state index >= 15 is 0 Å². The number of fused-ring (bicyclic) bond motifs is 6. The molecule has 0 spiro atoms. The SMILES string of the molecule is c1ccc(-c2cccc(-c3cc(-c4cccc5sc6ccccc6c45)cc(-c4ccc5c6ccccc6n(-c6ccccc6)c5c4)n3)c2)cc1. The summed E-state index contributed by atoms with van der Waals surface area (Å²) in [6.45, 7) is 0. The third-order valence-electron chi connectivity index (χ3n) is 9.79. The fourth-order valence-corrected chi connectivity index (χ4v) is 8.60. The topological polar surface area (TPSA) is 17.8 Å². The summed E-state index contributed by atoms with van der Waals surface area (Å²) in [6, 6.07) is 65.5. The second-order valence-electron chi connectivity index (χ2n) is 12.8. The molecule has 0 N–H and O–H groups in total. The molecule has 0 unspecified atom stereocenters. The van der Waals surface area contributed by atoms with Crippen LogP contribution in [0.1, 0.15) is 0 Å². The highest BCUT2D eigenvalue weighted by Crippen LogP contribution is 2.42. The van der Waals surface area contributed by atoms with Crippen LogP contribution in [0.5, 0.6) is 0 Å². The fourth-order valence-electron chi connectivity index (χ4n) is 7.47. The molecule has 3 heterocycles. The molecule has 0 aliphatic heterocycles. The van der Waals surface area contributed by atoms with Crippen LogP contribution < -0.4 is 0 Å². The van der Waals surface area contributed by atoms with Crippen molar-refractivity contribution in [2.45, 2.75) is 0 Å². The first-order valence-electron chi connectivity index (χ1n) is 17.0. The van der Waals surface area contributed by atoms with Gasteiger partial charge in [0.1, 0.15) is 0 Å². The Labute approximate surface area is 294 Å². The zero-order valence-electron chi connectivity index (χ0n) is 27.1. The highest BCUT2D eigenvalue weighted by atomic mass is 32.1. The Kier molecular flexibility index (Phi) is 6.71. The summed E-state index contributed by atoms with van der Waals surface area (Å²) >= 11 is 1.86. The van der Waals surface area contributed by atoms with Crippen molar-refractivity contribution in [3.8, 4) is 50.5 Å². The summed E-state index contributed by atoms with van der Waals surface area (Å²) < 4.78 is 4.98. The van der Waals surface area contributed by atoms with E-state index in [1.165, 1.54) is 58.7 Å². The van der Waals surface area contributed by atoms with Gasteiger partial charge in [0.05, 0.1) is 22.4 Å². The molecular formula is C47H30N2S. The average molecular weight is 655 g/mol. The third kappa shape index (κ3) is 4.74. The minimum absolute atomic E-state index is 0.950. The molecule has 0 fully saturated rings. The number of hydrogen-bond acceptors (Lipinski definition) is 2. The molecule has 7 aromatic carbocycles. The van der Waals surface area contributed by atoms with Gasteiger partial charge >= 0.3 is 0 Å². The maximum atomic E-state index is 5.42. The third-order valence-corrected chi connectivity index (χ3v) is 10.9. The van der Waals surface area contributed by atoms with E-state index < -0.39 is 0 Å². The second kappa shape index (κ2) is 11.7. The maximum Gasteiger partial charge on any atom is 0.0716 e. The molecule has 0 saturated carbocycles. The monoisotopic (exact) mass is 654 g/mol. The quantitative estimate of drug-likeness (QED) is 0.181. The number of hydrogen-bond donors (Lipinski definition) is 0. The number of nitrogens with zero attached hydrogens (tertiary/aromatic N) is 2. The molecule has 0 aliphatic carbocycles. The number of pyridine rings is 1. The Hall–Kier alpha value is -6.29. The minimum Gasteiger partial charge on any atom is -0.309 e. The lowest BCUT2D eigenvalue weighted by molar-refractivity contribution is 1.18. The van der Waals surface area contributed by atoms with E-state index in [1.807, 2.05) is 11.3 Å². The van der Waals surface area contributed by atoms with E-state index in [4.69, 9.17) is 4.98 Å². The minimum atomic E-state index is 0.950. The Morgan fingerprint density at radius 3 is 1.84 bits per heavy atom. The smallest absolute Gasteiger partial charge is 0.0716 e. The molecule has 10 aromatic rings. The summed E-state index contributed by atoms with van der Waals surface area (Å²) in [7, 11) is 0. The van der Waals surface area contributed by atoms with E-state index in [0.29, 0.717) is 0 Å². The Balaban J connectivity index is 1.23. The van der Waals surface area contributed by atoms with Gasteiger partial charge in [-0.15, -0.1) is 11.3 Å². The molecule has 3 aromatic heterocycles. The highest BCUT2D eigenvalue weighted by Gasteiger charge is 2.17. The van der Waals surface area contributed by atoms with Crippen molar-refractivity contribution < 1.29 is 0 Å². The number of para-hydroxylation sites is 2. The molecule has 2 nitrogen and oxygen atoms in total. The normalized spacial score (nSPS) is 11.6. The predicted octanol–water partition coefficient (Wildman–Crippen LogP) is 13.2. The van der Waals surface area contributed by atoms with E-state index in [0.717, 1.165) is 33.8 Å². The number of benzene rings is 7. The second-order valence-corrected chi connectivity index (χ2v) is 13.9. The summed E-state index contributed by atoms with van der Waals surface area (Å²) in [4.78, 5) is 5.42. The molecule has 0 aliphatic rings. The van der Waals surface area contributed by atoms with Gasteiger partial charge in [-0.2, -0.15) is 0 Å². The standard InChI is InChI=1S/C47H30N2S/c1-3-13-31(14-4-1)32-15-11-16-33(27-32)41-28-35(37-21-12-24-46-47(37)40-20-8-10-23-45(40)50-46)29-42(48-41)34-25-26-39-38-19-7-9-22-43(38)49(44(39)30-34)36-17-5-2-6-18-36/h1-30H. The number of aromatic nitrogens is 2. The summed E-state index contributed by atoms with van der Waals surface area (Å²) in [5.41, 5.74) is 12.3. The lowest BCUT2D eigenvalue weighted by Crippen LogP contribution is -1.95.